The highest BCUT2D eigenvalue weighted by atomic mass is 35.5. The Morgan fingerprint density at radius 1 is 1.23 bits per heavy atom. The Balaban J connectivity index is 2.02. The fourth-order valence-electron chi connectivity index (χ4n) is 3.03. The van der Waals surface area contributed by atoms with Gasteiger partial charge in [-0.25, -0.2) is 4.98 Å². The molecule has 0 aliphatic carbocycles. The van der Waals surface area contributed by atoms with E-state index in [0.29, 0.717) is 40.7 Å². The molecule has 1 aromatic heterocycles. The minimum absolute atomic E-state index is 0.116. The van der Waals surface area contributed by atoms with Crippen LogP contribution in [0.15, 0.2) is 58.5 Å². The second-order valence-corrected chi connectivity index (χ2v) is 8.61. The molecule has 3 aromatic rings. The van der Waals surface area contributed by atoms with Gasteiger partial charge in [0.25, 0.3) is 5.56 Å². The van der Waals surface area contributed by atoms with E-state index in [0.717, 1.165) is 5.56 Å². The maximum Gasteiger partial charge on any atom is 0.262 e. The first-order valence-electron chi connectivity index (χ1n) is 9.69. The predicted molar refractivity (Wildman–Crippen MR) is 121 cm³/mol. The van der Waals surface area contributed by atoms with Crippen LogP contribution in [0.25, 0.3) is 10.9 Å². The van der Waals surface area contributed by atoms with Gasteiger partial charge in [-0.3, -0.25) is 14.2 Å². The minimum Gasteiger partial charge on any atom is -0.379 e. The molecule has 0 aliphatic heterocycles. The summed E-state index contributed by atoms with van der Waals surface area (Å²) in [7, 11) is 0. The molecule has 0 radical (unpaired) electrons. The van der Waals surface area contributed by atoms with E-state index in [4.69, 9.17) is 22.1 Å². The number of aromatic nitrogens is 2. The third-order valence-electron chi connectivity index (χ3n) is 4.44. The Labute approximate surface area is 184 Å². The molecular formula is C22H24ClN3O3S. The van der Waals surface area contributed by atoms with Gasteiger partial charge < -0.3 is 10.5 Å². The van der Waals surface area contributed by atoms with E-state index in [9.17, 15) is 9.59 Å². The number of rotatable bonds is 9. The van der Waals surface area contributed by atoms with E-state index in [1.165, 1.54) is 11.8 Å². The minimum atomic E-state index is -0.673. The molecule has 0 saturated heterocycles. The van der Waals surface area contributed by atoms with Crippen LogP contribution < -0.4 is 11.3 Å². The van der Waals surface area contributed by atoms with Crippen LogP contribution >= 0.6 is 23.4 Å². The number of ether oxygens (including phenoxy) is 1. The predicted octanol–water partition coefficient (Wildman–Crippen LogP) is 4.18. The topological polar surface area (TPSA) is 87.2 Å². The number of nitrogens with two attached hydrogens (primary N) is 1. The van der Waals surface area contributed by atoms with E-state index >= 15 is 0 Å². The van der Waals surface area contributed by atoms with Crippen LogP contribution in [-0.2, 0) is 16.1 Å². The van der Waals surface area contributed by atoms with Gasteiger partial charge in [0.05, 0.1) is 17.0 Å². The highest BCUT2D eigenvalue weighted by Gasteiger charge is 2.23. The van der Waals surface area contributed by atoms with Gasteiger partial charge in [-0.15, -0.1) is 0 Å². The zero-order valence-corrected chi connectivity index (χ0v) is 18.4. The molecule has 0 saturated carbocycles. The van der Waals surface area contributed by atoms with Crippen molar-refractivity contribution >= 4 is 40.2 Å². The summed E-state index contributed by atoms with van der Waals surface area (Å²) < 4.78 is 7.19. The van der Waals surface area contributed by atoms with Crippen molar-refractivity contribution in [2.24, 2.45) is 5.73 Å². The summed E-state index contributed by atoms with van der Waals surface area (Å²) in [6.07, 6.45) is 0.753. The maximum atomic E-state index is 13.2. The lowest BCUT2D eigenvalue weighted by atomic mass is 10.1. The first kappa shape index (κ1) is 22.3. The first-order chi connectivity index (χ1) is 14.4. The molecule has 30 heavy (non-hydrogen) atoms. The Morgan fingerprint density at radius 3 is 2.63 bits per heavy atom. The molecule has 2 aromatic carbocycles. The van der Waals surface area contributed by atoms with Crippen LogP contribution in [0.3, 0.4) is 0 Å². The van der Waals surface area contributed by atoms with Crippen LogP contribution in [0.2, 0.25) is 5.02 Å². The number of hydrogen-bond donors (Lipinski definition) is 1. The van der Waals surface area contributed by atoms with Crippen LogP contribution in [0.4, 0.5) is 0 Å². The number of primary amides is 1. The number of halogens is 1. The third kappa shape index (κ3) is 5.41. The number of hydrogen-bond acceptors (Lipinski definition) is 5. The molecule has 0 aliphatic rings. The van der Waals surface area contributed by atoms with Crippen molar-refractivity contribution in [1.82, 2.24) is 9.55 Å². The van der Waals surface area contributed by atoms with Gasteiger partial charge in [-0.2, -0.15) is 0 Å². The molecule has 8 heteroatoms. The average molecular weight is 446 g/mol. The fourth-order valence-corrected chi connectivity index (χ4v) is 4.27. The van der Waals surface area contributed by atoms with Crippen molar-refractivity contribution < 1.29 is 9.53 Å². The van der Waals surface area contributed by atoms with Gasteiger partial charge in [0.1, 0.15) is 5.25 Å². The SMILES string of the molecule is CC(C)OCCCn1c(SC(C(N)=O)c2ccccc2)nc2cc(Cl)ccc2c1=O. The van der Waals surface area contributed by atoms with E-state index in [2.05, 4.69) is 4.98 Å². The van der Waals surface area contributed by atoms with Crippen molar-refractivity contribution in [3.63, 3.8) is 0 Å². The zero-order valence-electron chi connectivity index (χ0n) is 16.9. The van der Waals surface area contributed by atoms with Crippen molar-refractivity contribution in [1.29, 1.82) is 0 Å². The number of fused-ring (bicyclic) bond motifs is 1. The van der Waals surface area contributed by atoms with Crippen molar-refractivity contribution in [2.45, 2.75) is 43.3 Å². The van der Waals surface area contributed by atoms with Gasteiger partial charge in [0.15, 0.2) is 5.16 Å². The van der Waals surface area contributed by atoms with Crippen LogP contribution in [-0.4, -0.2) is 28.2 Å². The van der Waals surface area contributed by atoms with Crippen LogP contribution in [0, 0.1) is 0 Å². The lowest BCUT2D eigenvalue weighted by Crippen LogP contribution is -2.26. The normalized spacial score (nSPS) is 12.4. The second-order valence-electron chi connectivity index (χ2n) is 7.10. The number of carbonyl (C=O) groups is 1. The number of thioether (sulfide) groups is 1. The second kappa shape index (κ2) is 10.1. The Hall–Kier alpha value is -2.35. The largest absolute Gasteiger partial charge is 0.379 e. The molecule has 1 heterocycles. The molecule has 0 fully saturated rings. The maximum absolute atomic E-state index is 13.2. The average Bonchev–Trinajstić information content (AvgIpc) is 2.71. The molecule has 0 bridgehead atoms. The standard InChI is InChI=1S/C22H24ClN3O3S/c1-14(2)29-12-6-11-26-21(28)17-10-9-16(23)13-18(17)25-22(26)30-19(20(24)27)15-7-4-3-5-8-15/h3-5,7-10,13-14,19H,6,11-12H2,1-2H3,(H2,24,27). The molecule has 3 rings (SSSR count). The molecule has 1 atom stereocenters. The molecule has 1 amide bonds. The third-order valence-corrected chi connectivity index (χ3v) is 5.94. The van der Waals surface area contributed by atoms with Gasteiger partial charge in [0.2, 0.25) is 5.91 Å². The van der Waals surface area contributed by atoms with Gasteiger partial charge >= 0.3 is 0 Å². The molecule has 1 unspecified atom stereocenters. The highest BCUT2D eigenvalue weighted by molar-refractivity contribution is 8.00. The molecule has 158 valence electrons. The van der Waals surface area contributed by atoms with E-state index < -0.39 is 11.2 Å². The van der Waals surface area contributed by atoms with E-state index in [-0.39, 0.29) is 11.7 Å². The summed E-state index contributed by atoms with van der Waals surface area (Å²) in [5.41, 5.74) is 6.74. The molecule has 0 spiro atoms. The Kier molecular flexibility index (Phi) is 7.53. The van der Waals surface area contributed by atoms with Crippen molar-refractivity contribution in [2.75, 3.05) is 6.61 Å². The molecular weight excluding hydrogens is 422 g/mol. The number of nitrogens with zero attached hydrogens (tertiary/aromatic N) is 2. The monoisotopic (exact) mass is 445 g/mol. The van der Waals surface area contributed by atoms with Crippen LogP contribution in [0.5, 0.6) is 0 Å². The lowest BCUT2D eigenvalue weighted by molar-refractivity contribution is -0.117. The number of benzene rings is 2. The summed E-state index contributed by atoms with van der Waals surface area (Å²) in [4.78, 5) is 30.0. The number of carbonyl (C=O) groups excluding carboxylic acids is 1. The summed E-state index contributed by atoms with van der Waals surface area (Å²) >= 11 is 7.27. The summed E-state index contributed by atoms with van der Waals surface area (Å²) in [6, 6.07) is 14.2. The Bertz CT molecular complexity index is 1090. The molecule has 6 nitrogen and oxygen atoms in total. The Morgan fingerprint density at radius 2 is 1.97 bits per heavy atom. The summed E-state index contributed by atoms with van der Waals surface area (Å²) in [6.45, 7) is 4.86. The van der Waals surface area contributed by atoms with Crippen molar-refractivity contribution in [3.05, 3.63) is 69.5 Å². The smallest absolute Gasteiger partial charge is 0.262 e. The van der Waals surface area contributed by atoms with E-state index in [1.54, 1.807) is 22.8 Å². The van der Waals surface area contributed by atoms with Gasteiger partial charge in [0, 0.05) is 18.2 Å². The van der Waals surface area contributed by atoms with Crippen molar-refractivity contribution in [3.8, 4) is 0 Å². The number of amides is 1. The fraction of sp³-hybridized carbons (Fsp3) is 0.318. The summed E-state index contributed by atoms with van der Waals surface area (Å²) in [5.74, 6) is -0.499. The van der Waals surface area contributed by atoms with Crippen LogP contribution in [0.1, 0.15) is 31.1 Å². The van der Waals surface area contributed by atoms with Gasteiger partial charge in [-0.05, 0) is 44.0 Å². The lowest BCUT2D eigenvalue weighted by Gasteiger charge is -2.18. The zero-order chi connectivity index (χ0) is 21.7. The summed E-state index contributed by atoms with van der Waals surface area (Å²) in [5, 5.41) is 0.715. The van der Waals surface area contributed by atoms with Gasteiger partial charge in [-0.1, -0.05) is 53.7 Å². The molecule has 2 N–H and O–H groups in total. The quantitative estimate of drug-likeness (QED) is 0.303. The highest BCUT2D eigenvalue weighted by Crippen LogP contribution is 2.34. The first-order valence-corrected chi connectivity index (χ1v) is 10.9. The van der Waals surface area contributed by atoms with E-state index in [1.807, 2.05) is 44.2 Å².